The van der Waals surface area contributed by atoms with Crippen LogP contribution in [0, 0.1) is 28.6 Å². The smallest absolute Gasteiger partial charge is 0.0672 e. The summed E-state index contributed by atoms with van der Waals surface area (Å²) in [7, 11) is 2.20. The molecule has 1 aliphatic carbocycles. The predicted octanol–water partition coefficient (Wildman–Crippen LogP) is 5.10. The molecule has 2 nitrogen and oxygen atoms in total. The lowest BCUT2D eigenvalue weighted by atomic mass is 9.67. The molecule has 0 saturated heterocycles. The third-order valence-electron chi connectivity index (χ3n) is 5.30. The second kappa shape index (κ2) is 6.50. The van der Waals surface area contributed by atoms with Crippen molar-refractivity contribution in [3.63, 3.8) is 0 Å². The summed E-state index contributed by atoms with van der Waals surface area (Å²) in [4.78, 5) is 3.84. The molecular weight excluding hydrogens is 276 g/mol. The van der Waals surface area contributed by atoms with Gasteiger partial charge in [0.15, 0.2) is 0 Å². The van der Waals surface area contributed by atoms with Gasteiger partial charge in [-0.3, -0.25) is 4.90 Å². The van der Waals surface area contributed by atoms with Crippen molar-refractivity contribution in [2.45, 2.75) is 59.0 Å². The lowest BCUT2D eigenvalue weighted by molar-refractivity contribution is 0.0560. The third-order valence-corrected chi connectivity index (χ3v) is 6.34. The molecule has 21 heavy (non-hydrogen) atoms. The minimum absolute atomic E-state index is 0.177. The normalized spacial score (nSPS) is 28.3. The molecule has 3 heteroatoms. The Morgan fingerprint density at radius 3 is 2.62 bits per heavy atom. The number of rotatable bonds is 3. The van der Waals surface area contributed by atoms with E-state index >= 15 is 0 Å². The zero-order chi connectivity index (χ0) is 15.6. The van der Waals surface area contributed by atoms with Crippen molar-refractivity contribution in [1.29, 1.82) is 5.26 Å². The third kappa shape index (κ3) is 3.67. The molecule has 1 aliphatic rings. The van der Waals surface area contributed by atoms with E-state index in [1.807, 2.05) is 11.3 Å². The van der Waals surface area contributed by atoms with E-state index in [-0.39, 0.29) is 5.92 Å². The average Bonchev–Trinajstić information content (AvgIpc) is 2.98. The number of hydrogen-bond acceptors (Lipinski definition) is 3. The van der Waals surface area contributed by atoms with Gasteiger partial charge in [-0.1, -0.05) is 26.8 Å². The molecule has 0 amide bonds. The summed E-state index contributed by atoms with van der Waals surface area (Å²) in [5.41, 5.74) is 0.339. The highest BCUT2D eigenvalue weighted by atomic mass is 32.1. The summed E-state index contributed by atoms with van der Waals surface area (Å²) in [5.74, 6) is 0.890. The van der Waals surface area contributed by atoms with Gasteiger partial charge in [0.25, 0.3) is 0 Å². The van der Waals surface area contributed by atoms with Crippen molar-refractivity contribution in [2.75, 3.05) is 7.05 Å². The average molecular weight is 305 g/mol. The molecule has 1 saturated carbocycles. The van der Waals surface area contributed by atoms with Crippen molar-refractivity contribution in [2.24, 2.45) is 17.3 Å². The Balaban J connectivity index is 2.15. The fraction of sp³-hybridized carbons (Fsp3) is 0.722. The summed E-state index contributed by atoms with van der Waals surface area (Å²) in [6, 6.07) is 7.66. The van der Waals surface area contributed by atoms with Crippen LogP contribution in [0.5, 0.6) is 0 Å². The summed E-state index contributed by atoms with van der Waals surface area (Å²) in [6.07, 6.45) is 3.39. The van der Waals surface area contributed by atoms with Crippen LogP contribution in [-0.4, -0.2) is 18.0 Å². The Morgan fingerprint density at radius 2 is 2.10 bits per heavy atom. The maximum Gasteiger partial charge on any atom is 0.0672 e. The van der Waals surface area contributed by atoms with E-state index in [0.29, 0.717) is 23.4 Å². The molecule has 1 heterocycles. The highest BCUT2D eigenvalue weighted by Gasteiger charge is 2.39. The van der Waals surface area contributed by atoms with Crippen molar-refractivity contribution in [1.82, 2.24) is 4.90 Å². The molecular formula is C18H28N2S. The van der Waals surface area contributed by atoms with Crippen molar-refractivity contribution >= 4 is 11.3 Å². The Hall–Kier alpha value is -0.850. The van der Waals surface area contributed by atoms with E-state index in [1.54, 1.807) is 0 Å². The number of hydrogen-bond donors (Lipinski definition) is 0. The van der Waals surface area contributed by atoms with Crippen LogP contribution in [0.15, 0.2) is 17.5 Å². The van der Waals surface area contributed by atoms with Gasteiger partial charge in [0.2, 0.25) is 0 Å². The second-order valence-corrected chi connectivity index (χ2v) is 8.52. The molecule has 0 aliphatic heterocycles. The van der Waals surface area contributed by atoms with E-state index in [1.165, 1.54) is 11.3 Å². The molecule has 0 N–H and O–H groups in total. The van der Waals surface area contributed by atoms with Gasteiger partial charge >= 0.3 is 0 Å². The number of nitrogens with zero attached hydrogens (tertiary/aromatic N) is 2. The van der Waals surface area contributed by atoms with Gasteiger partial charge in [0.1, 0.15) is 0 Å². The highest BCUT2D eigenvalue weighted by Crippen LogP contribution is 2.42. The summed E-state index contributed by atoms with van der Waals surface area (Å²) in [6.45, 7) is 9.28. The van der Waals surface area contributed by atoms with E-state index < -0.39 is 0 Å². The first-order valence-corrected chi connectivity index (χ1v) is 8.87. The van der Waals surface area contributed by atoms with Gasteiger partial charge in [0, 0.05) is 17.0 Å². The first kappa shape index (κ1) is 16.5. The molecule has 0 aromatic carbocycles. The van der Waals surface area contributed by atoms with Crippen LogP contribution >= 0.6 is 11.3 Å². The minimum atomic E-state index is 0.177. The Bertz CT molecular complexity index is 480. The number of thiophene rings is 1. The van der Waals surface area contributed by atoms with Crippen molar-refractivity contribution < 1.29 is 0 Å². The maximum atomic E-state index is 9.54. The van der Waals surface area contributed by atoms with Crippen LogP contribution in [0.3, 0.4) is 0 Å². The number of nitriles is 1. The lowest BCUT2D eigenvalue weighted by Crippen LogP contribution is -2.45. The summed E-state index contributed by atoms with van der Waals surface area (Å²) in [5, 5.41) is 11.7. The van der Waals surface area contributed by atoms with Gasteiger partial charge in [-0.15, -0.1) is 11.3 Å². The fourth-order valence-corrected chi connectivity index (χ4v) is 4.39. The van der Waals surface area contributed by atoms with Crippen LogP contribution in [0.4, 0.5) is 0 Å². The van der Waals surface area contributed by atoms with Gasteiger partial charge < -0.3 is 0 Å². The van der Waals surface area contributed by atoms with Crippen LogP contribution in [-0.2, 0) is 0 Å². The van der Waals surface area contributed by atoms with Crippen molar-refractivity contribution in [3.8, 4) is 6.07 Å². The van der Waals surface area contributed by atoms with Crippen LogP contribution in [0.2, 0.25) is 0 Å². The van der Waals surface area contributed by atoms with Crippen LogP contribution in [0.1, 0.15) is 57.9 Å². The molecule has 0 radical (unpaired) electrons. The molecule has 0 spiro atoms. The Kier molecular flexibility index (Phi) is 5.11. The molecule has 0 bridgehead atoms. The summed E-state index contributed by atoms with van der Waals surface area (Å²) < 4.78 is 0. The first-order valence-electron chi connectivity index (χ1n) is 7.99. The fourth-order valence-electron chi connectivity index (χ4n) is 3.55. The largest absolute Gasteiger partial charge is 0.295 e. The van der Waals surface area contributed by atoms with Crippen LogP contribution in [0.25, 0.3) is 0 Å². The quantitative estimate of drug-likeness (QED) is 0.777. The Labute approximate surface area is 133 Å². The van der Waals surface area contributed by atoms with E-state index in [0.717, 1.165) is 12.8 Å². The van der Waals surface area contributed by atoms with Crippen molar-refractivity contribution in [3.05, 3.63) is 22.4 Å². The van der Waals surface area contributed by atoms with E-state index in [4.69, 9.17) is 0 Å². The van der Waals surface area contributed by atoms with Gasteiger partial charge in [-0.05, 0) is 56.0 Å². The van der Waals surface area contributed by atoms with E-state index in [9.17, 15) is 5.26 Å². The van der Waals surface area contributed by atoms with E-state index in [2.05, 4.69) is 63.2 Å². The topological polar surface area (TPSA) is 27.0 Å². The zero-order valence-corrected chi connectivity index (χ0v) is 14.8. The lowest BCUT2D eigenvalue weighted by Gasteiger charge is -2.44. The maximum absolute atomic E-state index is 9.54. The molecule has 4 atom stereocenters. The molecule has 1 aromatic rings. The molecule has 4 unspecified atom stereocenters. The molecule has 1 aromatic heterocycles. The molecule has 1 fully saturated rings. The molecule has 116 valence electrons. The summed E-state index contributed by atoms with van der Waals surface area (Å²) >= 11 is 1.81. The minimum Gasteiger partial charge on any atom is -0.295 e. The standard InChI is InChI=1S/C18H28N2S/c1-13(17-7-6-10-21-17)20(5)16-11-15(18(2,3)4)9-8-14(16)12-19/h6-7,10,13-16H,8-9,11H2,1-5H3. The molecule has 2 rings (SSSR count). The SMILES string of the molecule is CC(c1cccs1)N(C)C1CC(C(C)(C)C)CCC1C#N. The van der Waals surface area contributed by atoms with Gasteiger partial charge in [-0.25, -0.2) is 0 Å². The van der Waals surface area contributed by atoms with Gasteiger partial charge in [0.05, 0.1) is 12.0 Å². The Morgan fingerprint density at radius 1 is 1.38 bits per heavy atom. The predicted molar refractivity (Wildman–Crippen MR) is 90.2 cm³/mol. The van der Waals surface area contributed by atoms with Crippen LogP contribution < -0.4 is 0 Å². The first-order chi connectivity index (χ1) is 9.84. The van der Waals surface area contributed by atoms with Gasteiger partial charge in [-0.2, -0.15) is 5.26 Å². The monoisotopic (exact) mass is 304 g/mol. The highest BCUT2D eigenvalue weighted by molar-refractivity contribution is 7.10. The zero-order valence-electron chi connectivity index (χ0n) is 14.0. The second-order valence-electron chi connectivity index (χ2n) is 7.54.